The maximum absolute atomic E-state index is 13.3. The van der Waals surface area contributed by atoms with Crippen LogP contribution in [0.1, 0.15) is 12.8 Å². The molecule has 0 bridgehead atoms. The van der Waals surface area contributed by atoms with Crippen LogP contribution in [0, 0.1) is 5.82 Å². The van der Waals surface area contributed by atoms with E-state index < -0.39 is 12.1 Å². The third-order valence-electron chi connectivity index (χ3n) is 2.84. The van der Waals surface area contributed by atoms with Gasteiger partial charge < -0.3 is 15.2 Å². The van der Waals surface area contributed by atoms with Crippen LogP contribution in [-0.4, -0.2) is 29.8 Å². The number of benzene rings is 1. The van der Waals surface area contributed by atoms with Crippen LogP contribution in [-0.2, 0) is 9.53 Å². The van der Waals surface area contributed by atoms with E-state index in [1.54, 1.807) is 12.1 Å². The summed E-state index contributed by atoms with van der Waals surface area (Å²) in [6, 6.07) is 4.75. The van der Waals surface area contributed by atoms with Crippen molar-refractivity contribution in [3.8, 4) is 0 Å². The topological polar surface area (TPSA) is 58.6 Å². The molecule has 1 aliphatic rings. The Morgan fingerprint density at radius 1 is 1.56 bits per heavy atom. The van der Waals surface area contributed by atoms with Crippen LogP contribution >= 0.6 is 15.9 Å². The quantitative estimate of drug-likeness (QED) is 0.896. The first-order valence-electron chi connectivity index (χ1n) is 5.63. The summed E-state index contributed by atoms with van der Waals surface area (Å²) >= 11 is 3.08. The summed E-state index contributed by atoms with van der Waals surface area (Å²) < 4.78 is 19.0. The first-order chi connectivity index (χ1) is 8.56. The Balaban J connectivity index is 1.85. The van der Waals surface area contributed by atoms with Crippen molar-refractivity contribution in [2.75, 3.05) is 11.9 Å². The van der Waals surface area contributed by atoms with Gasteiger partial charge in [0.05, 0.1) is 10.6 Å². The largest absolute Gasteiger partial charge is 0.479 e. The second-order valence-electron chi connectivity index (χ2n) is 4.17. The lowest BCUT2D eigenvalue weighted by Gasteiger charge is -2.13. The maximum atomic E-state index is 13.3. The molecule has 0 amide bonds. The van der Waals surface area contributed by atoms with Gasteiger partial charge in [-0.2, -0.15) is 0 Å². The number of aliphatic carboxylic acids is 1. The van der Waals surface area contributed by atoms with Crippen molar-refractivity contribution in [2.45, 2.75) is 25.0 Å². The minimum absolute atomic E-state index is 0.141. The number of ether oxygens (including phenoxy) is 1. The predicted octanol–water partition coefficient (Wildman–Crippen LogP) is 2.63. The van der Waals surface area contributed by atoms with Crippen molar-refractivity contribution in [1.82, 2.24) is 0 Å². The van der Waals surface area contributed by atoms with Crippen molar-refractivity contribution in [3.63, 3.8) is 0 Å². The van der Waals surface area contributed by atoms with E-state index in [2.05, 4.69) is 21.2 Å². The molecule has 0 aliphatic carbocycles. The summed E-state index contributed by atoms with van der Waals surface area (Å²) in [5, 5.41) is 11.8. The monoisotopic (exact) mass is 317 g/mol. The lowest BCUT2D eigenvalue weighted by atomic mass is 10.2. The molecule has 1 aliphatic heterocycles. The molecule has 2 N–H and O–H groups in total. The first kappa shape index (κ1) is 13.3. The van der Waals surface area contributed by atoms with Gasteiger partial charge in [0.15, 0.2) is 6.10 Å². The Morgan fingerprint density at radius 2 is 2.33 bits per heavy atom. The van der Waals surface area contributed by atoms with Gasteiger partial charge in [0.25, 0.3) is 0 Å². The minimum atomic E-state index is -0.924. The van der Waals surface area contributed by atoms with Crippen molar-refractivity contribution < 1.29 is 19.0 Å². The van der Waals surface area contributed by atoms with Crippen LogP contribution in [0.5, 0.6) is 0 Å². The van der Waals surface area contributed by atoms with Gasteiger partial charge in [-0.25, -0.2) is 9.18 Å². The van der Waals surface area contributed by atoms with Crippen molar-refractivity contribution >= 4 is 27.6 Å². The van der Waals surface area contributed by atoms with E-state index in [1.807, 2.05) is 0 Å². The Morgan fingerprint density at radius 3 is 2.94 bits per heavy atom. The number of carboxylic acids is 1. The molecule has 0 spiro atoms. The molecule has 4 nitrogen and oxygen atoms in total. The standard InChI is InChI=1S/C12H13BrFNO3/c13-9-3-1-7(5-10(9)14)15-6-8-2-4-11(18-8)12(16)17/h1,3,5,8,11,15H,2,4,6H2,(H,16,17). The number of hydrogen-bond acceptors (Lipinski definition) is 3. The van der Waals surface area contributed by atoms with Crippen molar-refractivity contribution in [1.29, 1.82) is 0 Å². The van der Waals surface area contributed by atoms with Gasteiger partial charge in [0, 0.05) is 12.2 Å². The molecule has 2 rings (SSSR count). The van der Waals surface area contributed by atoms with Crippen LogP contribution in [0.3, 0.4) is 0 Å². The van der Waals surface area contributed by atoms with Crippen molar-refractivity contribution in [2.24, 2.45) is 0 Å². The Bertz CT molecular complexity index is 455. The fourth-order valence-electron chi connectivity index (χ4n) is 1.88. The Hall–Kier alpha value is -1.14. The lowest BCUT2D eigenvalue weighted by Crippen LogP contribution is -2.24. The fraction of sp³-hybridized carbons (Fsp3) is 0.417. The molecule has 1 aromatic rings. The minimum Gasteiger partial charge on any atom is -0.479 e. The van der Waals surface area contributed by atoms with E-state index in [0.29, 0.717) is 29.5 Å². The maximum Gasteiger partial charge on any atom is 0.332 e. The SMILES string of the molecule is O=C(O)C1CCC(CNc2ccc(Br)c(F)c2)O1. The van der Waals surface area contributed by atoms with E-state index >= 15 is 0 Å². The molecular formula is C12H13BrFNO3. The second kappa shape index (κ2) is 5.67. The van der Waals surface area contributed by atoms with E-state index in [9.17, 15) is 9.18 Å². The average molecular weight is 318 g/mol. The molecule has 1 fully saturated rings. The van der Waals surface area contributed by atoms with Gasteiger partial charge in [0.1, 0.15) is 5.82 Å². The highest BCUT2D eigenvalue weighted by atomic mass is 79.9. The number of hydrogen-bond donors (Lipinski definition) is 2. The Kier molecular flexibility index (Phi) is 4.19. The zero-order chi connectivity index (χ0) is 13.1. The zero-order valence-corrected chi connectivity index (χ0v) is 11.1. The second-order valence-corrected chi connectivity index (χ2v) is 5.03. The molecule has 1 heterocycles. The summed E-state index contributed by atoms with van der Waals surface area (Å²) in [6.45, 7) is 0.477. The van der Waals surface area contributed by atoms with Gasteiger partial charge >= 0.3 is 5.97 Å². The van der Waals surface area contributed by atoms with Gasteiger partial charge in [-0.15, -0.1) is 0 Å². The number of nitrogens with one attached hydrogen (secondary N) is 1. The van der Waals surface area contributed by atoms with Crippen molar-refractivity contribution in [3.05, 3.63) is 28.5 Å². The molecule has 2 atom stereocenters. The summed E-state index contributed by atoms with van der Waals surface area (Å²) in [5.74, 6) is -1.26. The van der Waals surface area contributed by atoms with Crippen LogP contribution < -0.4 is 5.32 Å². The van der Waals surface area contributed by atoms with Crippen LogP contribution in [0.25, 0.3) is 0 Å². The third-order valence-corrected chi connectivity index (χ3v) is 3.48. The molecule has 1 saturated heterocycles. The fourth-order valence-corrected chi connectivity index (χ4v) is 2.12. The van der Waals surface area contributed by atoms with Gasteiger partial charge in [0.2, 0.25) is 0 Å². The highest BCUT2D eigenvalue weighted by Gasteiger charge is 2.30. The first-order valence-corrected chi connectivity index (χ1v) is 6.43. The molecule has 1 aromatic carbocycles. The van der Waals surface area contributed by atoms with E-state index in [-0.39, 0.29) is 11.9 Å². The van der Waals surface area contributed by atoms with Gasteiger partial charge in [-0.3, -0.25) is 0 Å². The molecular weight excluding hydrogens is 305 g/mol. The van der Waals surface area contributed by atoms with Gasteiger partial charge in [-0.05, 0) is 47.0 Å². The van der Waals surface area contributed by atoms with Gasteiger partial charge in [-0.1, -0.05) is 0 Å². The number of rotatable bonds is 4. The molecule has 0 aromatic heterocycles. The van der Waals surface area contributed by atoms with E-state index in [1.165, 1.54) is 6.07 Å². The zero-order valence-electron chi connectivity index (χ0n) is 9.53. The molecule has 0 radical (unpaired) electrons. The summed E-state index contributed by atoms with van der Waals surface area (Å²) in [5.41, 5.74) is 0.651. The summed E-state index contributed by atoms with van der Waals surface area (Å²) in [7, 11) is 0. The van der Waals surface area contributed by atoms with E-state index in [4.69, 9.17) is 9.84 Å². The number of anilines is 1. The van der Waals surface area contributed by atoms with Crippen LogP contribution in [0.4, 0.5) is 10.1 Å². The average Bonchev–Trinajstić information content (AvgIpc) is 2.79. The highest BCUT2D eigenvalue weighted by Crippen LogP contribution is 2.22. The number of halogens is 2. The van der Waals surface area contributed by atoms with E-state index in [0.717, 1.165) is 0 Å². The van der Waals surface area contributed by atoms with Crippen LogP contribution in [0.15, 0.2) is 22.7 Å². The molecule has 98 valence electrons. The molecule has 18 heavy (non-hydrogen) atoms. The lowest BCUT2D eigenvalue weighted by molar-refractivity contribution is -0.149. The molecule has 2 unspecified atom stereocenters. The molecule has 6 heteroatoms. The normalized spacial score (nSPS) is 23.0. The highest BCUT2D eigenvalue weighted by molar-refractivity contribution is 9.10. The number of carbonyl (C=O) groups is 1. The Labute approximate surface area is 112 Å². The number of carboxylic acid groups (broad SMARTS) is 1. The third kappa shape index (κ3) is 3.20. The summed E-state index contributed by atoms with van der Waals surface area (Å²) in [6.07, 6.45) is 0.371. The predicted molar refractivity (Wildman–Crippen MR) is 68.1 cm³/mol. The van der Waals surface area contributed by atoms with Crippen LogP contribution in [0.2, 0.25) is 0 Å². The smallest absolute Gasteiger partial charge is 0.332 e. The summed E-state index contributed by atoms with van der Waals surface area (Å²) in [4.78, 5) is 10.7. The molecule has 0 saturated carbocycles.